The molecule has 0 spiro atoms. The fourth-order valence-electron chi connectivity index (χ4n) is 4.46. The average Bonchev–Trinajstić information content (AvgIpc) is 3.13. The Kier molecular flexibility index (Phi) is 17.4. The van der Waals surface area contributed by atoms with Gasteiger partial charge in [-0.05, 0) is 26.2 Å². The molecular formula is C27H53N2+. The first-order valence-electron chi connectivity index (χ1n) is 13.4. The van der Waals surface area contributed by atoms with Crippen LogP contribution in [0.2, 0.25) is 0 Å². The molecule has 170 valence electrons. The Balaban J connectivity index is 2.01. The van der Waals surface area contributed by atoms with Crippen molar-refractivity contribution in [3.8, 4) is 0 Å². The van der Waals surface area contributed by atoms with Crippen LogP contribution in [0.15, 0.2) is 12.4 Å². The average molecular weight is 406 g/mol. The van der Waals surface area contributed by atoms with Crippen molar-refractivity contribution in [2.24, 2.45) is 0 Å². The maximum Gasteiger partial charge on any atom is 0.256 e. The van der Waals surface area contributed by atoms with E-state index in [0.29, 0.717) is 0 Å². The van der Waals surface area contributed by atoms with E-state index < -0.39 is 0 Å². The van der Waals surface area contributed by atoms with E-state index in [-0.39, 0.29) is 0 Å². The molecule has 2 nitrogen and oxygen atoms in total. The molecule has 1 aromatic rings. The standard InChI is InChI=1S/C27H53N2/c1-4-7-9-11-12-13-14-15-16-17-18-19-20-22-24-29-26-25-28(6-3)27(29)23-21-10-8-5-2/h25-26H,4-24H2,1-3H3/q+1. The van der Waals surface area contributed by atoms with Crippen molar-refractivity contribution in [3.05, 3.63) is 18.2 Å². The molecule has 0 amide bonds. The van der Waals surface area contributed by atoms with Crippen LogP contribution in [-0.2, 0) is 19.5 Å². The molecule has 0 aromatic carbocycles. The summed E-state index contributed by atoms with van der Waals surface area (Å²) in [7, 11) is 0. The van der Waals surface area contributed by atoms with Crippen molar-refractivity contribution in [2.45, 2.75) is 156 Å². The second-order valence-corrected chi connectivity index (χ2v) is 9.10. The van der Waals surface area contributed by atoms with Gasteiger partial charge in [-0.2, -0.15) is 0 Å². The summed E-state index contributed by atoms with van der Waals surface area (Å²) in [6.07, 6.45) is 31.4. The van der Waals surface area contributed by atoms with Gasteiger partial charge in [-0.1, -0.05) is 110 Å². The smallest absolute Gasteiger partial charge is 0.235 e. The van der Waals surface area contributed by atoms with Crippen LogP contribution >= 0.6 is 0 Å². The fourth-order valence-corrected chi connectivity index (χ4v) is 4.46. The van der Waals surface area contributed by atoms with Gasteiger partial charge in [0.25, 0.3) is 5.82 Å². The van der Waals surface area contributed by atoms with Crippen molar-refractivity contribution in [1.82, 2.24) is 4.57 Å². The lowest BCUT2D eigenvalue weighted by Gasteiger charge is -2.05. The molecule has 29 heavy (non-hydrogen) atoms. The zero-order chi connectivity index (χ0) is 21.0. The molecular weight excluding hydrogens is 352 g/mol. The molecule has 2 heteroatoms. The minimum Gasteiger partial charge on any atom is -0.235 e. The van der Waals surface area contributed by atoms with Crippen LogP contribution in [0.4, 0.5) is 0 Å². The third-order valence-electron chi connectivity index (χ3n) is 6.44. The highest BCUT2D eigenvalue weighted by atomic mass is 15.1. The summed E-state index contributed by atoms with van der Waals surface area (Å²) in [5.74, 6) is 1.55. The van der Waals surface area contributed by atoms with Gasteiger partial charge in [0.05, 0.1) is 13.1 Å². The van der Waals surface area contributed by atoms with Gasteiger partial charge < -0.3 is 0 Å². The first-order chi connectivity index (χ1) is 14.3. The molecule has 0 unspecified atom stereocenters. The van der Waals surface area contributed by atoms with Crippen LogP contribution in [0, 0.1) is 0 Å². The van der Waals surface area contributed by atoms with Gasteiger partial charge in [-0.15, -0.1) is 0 Å². The first kappa shape index (κ1) is 26.2. The molecule has 0 fully saturated rings. The molecule has 1 rings (SSSR count). The molecule has 1 heterocycles. The minimum absolute atomic E-state index is 1.11. The van der Waals surface area contributed by atoms with Gasteiger partial charge in [0.15, 0.2) is 0 Å². The normalized spacial score (nSPS) is 11.4. The number of hydrogen-bond acceptors (Lipinski definition) is 0. The predicted molar refractivity (Wildman–Crippen MR) is 128 cm³/mol. The molecule has 0 aliphatic rings. The Bertz CT molecular complexity index is 463. The highest BCUT2D eigenvalue weighted by molar-refractivity contribution is 4.84. The number of hydrogen-bond donors (Lipinski definition) is 0. The first-order valence-corrected chi connectivity index (χ1v) is 13.4. The fraction of sp³-hybridized carbons (Fsp3) is 0.889. The molecule has 0 radical (unpaired) electrons. The number of aryl methyl sites for hydroxylation is 2. The second kappa shape index (κ2) is 19.2. The lowest BCUT2D eigenvalue weighted by molar-refractivity contribution is -0.700. The molecule has 0 aliphatic carbocycles. The lowest BCUT2D eigenvalue weighted by atomic mass is 10.0. The van der Waals surface area contributed by atoms with E-state index in [1.807, 2.05) is 0 Å². The Hall–Kier alpha value is -0.790. The van der Waals surface area contributed by atoms with Crippen molar-refractivity contribution in [2.75, 3.05) is 0 Å². The molecule has 0 aliphatic heterocycles. The highest BCUT2D eigenvalue weighted by Gasteiger charge is 2.15. The van der Waals surface area contributed by atoms with Gasteiger partial charge in [-0.3, -0.25) is 0 Å². The summed E-state index contributed by atoms with van der Waals surface area (Å²) >= 11 is 0. The van der Waals surface area contributed by atoms with Crippen LogP contribution in [0.25, 0.3) is 0 Å². The van der Waals surface area contributed by atoms with Gasteiger partial charge in [0.1, 0.15) is 12.4 Å². The number of nitrogens with zero attached hydrogens (tertiary/aromatic N) is 2. The molecule has 0 atom stereocenters. The van der Waals surface area contributed by atoms with E-state index >= 15 is 0 Å². The second-order valence-electron chi connectivity index (χ2n) is 9.10. The number of rotatable bonds is 21. The Morgan fingerprint density at radius 1 is 0.586 bits per heavy atom. The molecule has 0 saturated heterocycles. The van der Waals surface area contributed by atoms with Gasteiger partial charge >= 0.3 is 0 Å². The van der Waals surface area contributed by atoms with Gasteiger partial charge in [0.2, 0.25) is 0 Å². The number of imidazole rings is 1. The zero-order valence-corrected chi connectivity index (χ0v) is 20.4. The van der Waals surface area contributed by atoms with E-state index in [1.54, 1.807) is 5.82 Å². The predicted octanol–water partition coefficient (Wildman–Crippen LogP) is 8.40. The Morgan fingerprint density at radius 3 is 1.52 bits per heavy atom. The summed E-state index contributed by atoms with van der Waals surface area (Å²) in [5, 5.41) is 0. The maximum atomic E-state index is 2.54. The maximum absolute atomic E-state index is 2.54. The van der Waals surface area contributed by atoms with Gasteiger partial charge in [0, 0.05) is 6.42 Å². The number of unbranched alkanes of at least 4 members (excludes halogenated alkanes) is 16. The number of aromatic nitrogens is 2. The molecule has 0 bridgehead atoms. The van der Waals surface area contributed by atoms with Crippen LogP contribution in [-0.4, -0.2) is 4.57 Å². The summed E-state index contributed by atoms with van der Waals surface area (Å²) in [5.41, 5.74) is 0. The summed E-state index contributed by atoms with van der Waals surface area (Å²) < 4.78 is 4.99. The highest BCUT2D eigenvalue weighted by Crippen LogP contribution is 2.13. The van der Waals surface area contributed by atoms with Crippen molar-refractivity contribution < 1.29 is 4.57 Å². The van der Waals surface area contributed by atoms with Crippen LogP contribution in [0.5, 0.6) is 0 Å². The lowest BCUT2D eigenvalue weighted by Crippen LogP contribution is -2.36. The quantitative estimate of drug-likeness (QED) is 0.143. The van der Waals surface area contributed by atoms with Crippen LogP contribution in [0.1, 0.15) is 142 Å². The SMILES string of the molecule is CCCCCCCCCCCCCCCCn1cc[n+](CC)c1CCCCCC. The van der Waals surface area contributed by atoms with Gasteiger partial charge in [-0.25, -0.2) is 9.13 Å². The Morgan fingerprint density at radius 2 is 1.03 bits per heavy atom. The van der Waals surface area contributed by atoms with Crippen LogP contribution < -0.4 is 4.57 Å². The van der Waals surface area contributed by atoms with E-state index in [4.69, 9.17) is 0 Å². The molecule has 1 aromatic heterocycles. The largest absolute Gasteiger partial charge is 0.256 e. The minimum atomic E-state index is 1.11. The monoisotopic (exact) mass is 405 g/mol. The van der Waals surface area contributed by atoms with Crippen molar-refractivity contribution in [3.63, 3.8) is 0 Å². The van der Waals surface area contributed by atoms with Crippen LogP contribution in [0.3, 0.4) is 0 Å². The van der Waals surface area contributed by atoms with E-state index in [9.17, 15) is 0 Å². The topological polar surface area (TPSA) is 8.81 Å². The summed E-state index contributed by atoms with van der Waals surface area (Å²) in [6, 6.07) is 0. The molecule has 0 saturated carbocycles. The third kappa shape index (κ3) is 13.2. The third-order valence-corrected chi connectivity index (χ3v) is 6.44. The summed E-state index contributed by atoms with van der Waals surface area (Å²) in [4.78, 5) is 0. The van der Waals surface area contributed by atoms with E-state index in [2.05, 4.69) is 42.3 Å². The van der Waals surface area contributed by atoms with E-state index in [0.717, 1.165) is 6.54 Å². The zero-order valence-electron chi connectivity index (χ0n) is 20.4. The molecule has 0 N–H and O–H groups in total. The Labute approximate surface area is 183 Å². The van der Waals surface area contributed by atoms with E-state index in [1.165, 1.54) is 129 Å². The van der Waals surface area contributed by atoms with Crippen molar-refractivity contribution >= 4 is 0 Å². The summed E-state index contributed by atoms with van der Waals surface area (Å²) in [6.45, 7) is 9.19. The van der Waals surface area contributed by atoms with Crippen molar-refractivity contribution in [1.29, 1.82) is 0 Å².